The Morgan fingerprint density at radius 2 is 1.77 bits per heavy atom. The number of likely N-dealkylation sites (N-methyl/N-ethyl adjacent to an activating group) is 1. The molecule has 0 aromatic heterocycles. The van der Waals surface area contributed by atoms with Gasteiger partial charge >= 0.3 is 0 Å². The van der Waals surface area contributed by atoms with Crippen molar-refractivity contribution >= 4 is 17.8 Å². The lowest BCUT2D eigenvalue weighted by Crippen LogP contribution is -2.36. The summed E-state index contributed by atoms with van der Waals surface area (Å²) in [6.07, 6.45) is 4.03. The normalized spacial score (nSPS) is 16.9. The van der Waals surface area contributed by atoms with Crippen LogP contribution in [0.1, 0.15) is 29.7 Å². The number of ketones is 1. The molecule has 0 saturated heterocycles. The smallest absolute Gasteiger partial charge is 0.290 e. The Hall–Kier alpha value is -3.18. The highest BCUT2D eigenvalue weighted by Crippen LogP contribution is 2.38. The second-order valence-corrected chi connectivity index (χ2v) is 7.67. The molecule has 0 radical (unpaired) electrons. The first kappa shape index (κ1) is 21.5. The quantitative estimate of drug-likeness (QED) is 0.680. The Balaban J connectivity index is 1.97. The molecule has 1 unspecified atom stereocenters. The van der Waals surface area contributed by atoms with Crippen LogP contribution < -0.4 is 0 Å². The zero-order valence-electron chi connectivity index (χ0n) is 17.7. The van der Waals surface area contributed by atoms with E-state index < -0.39 is 17.7 Å². The molecule has 1 aliphatic rings. The second-order valence-electron chi connectivity index (χ2n) is 7.67. The number of aliphatic hydroxyl groups is 1. The zero-order chi connectivity index (χ0) is 21.7. The van der Waals surface area contributed by atoms with Crippen molar-refractivity contribution in [3.05, 3.63) is 88.7 Å². The van der Waals surface area contributed by atoms with Crippen LogP contribution in [0.25, 0.3) is 6.08 Å². The first-order chi connectivity index (χ1) is 14.4. The minimum absolute atomic E-state index is 0.134. The highest BCUT2D eigenvalue weighted by atomic mass is 16.3. The Labute approximate surface area is 177 Å². The van der Waals surface area contributed by atoms with E-state index in [9.17, 15) is 14.7 Å². The number of hydrogen-bond acceptors (Lipinski definition) is 4. The fraction of sp³-hybridized carbons (Fsp3) is 0.280. The Morgan fingerprint density at radius 1 is 1.10 bits per heavy atom. The first-order valence-electron chi connectivity index (χ1n) is 10.2. The van der Waals surface area contributed by atoms with Crippen LogP contribution in [0.2, 0.25) is 0 Å². The van der Waals surface area contributed by atoms with Crippen molar-refractivity contribution in [2.45, 2.75) is 19.4 Å². The van der Waals surface area contributed by atoms with Crippen LogP contribution in [-0.2, 0) is 16.0 Å². The molecule has 5 heteroatoms. The number of rotatable bonds is 8. The van der Waals surface area contributed by atoms with Gasteiger partial charge in [0.1, 0.15) is 0 Å². The molecule has 156 valence electrons. The molecule has 0 spiro atoms. The summed E-state index contributed by atoms with van der Waals surface area (Å²) < 4.78 is 0. The molecule has 30 heavy (non-hydrogen) atoms. The second kappa shape index (κ2) is 9.55. The van der Waals surface area contributed by atoms with Gasteiger partial charge in [-0.1, -0.05) is 67.6 Å². The van der Waals surface area contributed by atoms with Gasteiger partial charge in [0.05, 0.1) is 11.6 Å². The number of carbonyl (C=O) groups excluding carboxylic acids is 2. The van der Waals surface area contributed by atoms with E-state index in [1.165, 1.54) is 11.6 Å². The Bertz CT molecular complexity index is 960. The summed E-state index contributed by atoms with van der Waals surface area (Å²) in [5.41, 5.74) is 3.01. The Kier molecular flexibility index (Phi) is 6.85. The van der Waals surface area contributed by atoms with Crippen LogP contribution in [0.3, 0.4) is 0 Å². The number of carbonyl (C=O) groups is 2. The van der Waals surface area contributed by atoms with Gasteiger partial charge in [-0.3, -0.25) is 9.59 Å². The van der Waals surface area contributed by atoms with Crippen molar-refractivity contribution in [1.82, 2.24) is 9.80 Å². The number of benzene rings is 2. The largest absolute Gasteiger partial charge is 0.503 e. The number of aliphatic hydroxyl groups excluding tert-OH is 1. The van der Waals surface area contributed by atoms with Crippen LogP contribution in [0.15, 0.2) is 72.0 Å². The molecule has 5 nitrogen and oxygen atoms in total. The number of amides is 1. The highest BCUT2D eigenvalue weighted by Gasteiger charge is 2.42. The van der Waals surface area contributed by atoms with Crippen LogP contribution in [-0.4, -0.2) is 53.8 Å². The average molecular weight is 405 g/mol. The lowest BCUT2D eigenvalue weighted by atomic mass is 9.94. The van der Waals surface area contributed by atoms with Crippen molar-refractivity contribution in [3.8, 4) is 0 Å². The third kappa shape index (κ3) is 4.69. The van der Waals surface area contributed by atoms with Crippen LogP contribution >= 0.6 is 0 Å². The summed E-state index contributed by atoms with van der Waals surface area (Å²) in [7, 11) is 3.85. The molecule has 0 bridgehead atoms. The molecule has 1 heterocycles. The van der Waals surface area contributed by atoms with E-state index in [2.05, 4.69) is 6.92 Å². The molecular weight excluding hydrogens is 376 g/mol. The maximum atomic E-state index is 13.1. The zero-order valence-corrected chi connectivity index (χ0v) is 17.7. The van der Waals surface area contributed by atoms with Gasteiger partial charge in [0, 0.05) is 13.1 Å². The van der Waals surface area contributed by atoms with Gasteiger partial charge in [-0.15, -0.1) is 0 Å². The van der Waals surface area contributed by atoms with Crippen LogP contribution in [0.5, 0.6) is 0 Å². The van der Waals surface area contributed by atoms with Gasteiger partial charge in [-0.2, -0.15) is 0 Å². The molecule has 2 aromatic carbocycles. The topological polar surface area (TPSA) is 60.9 Å². The summed E-state index contributed by atoms with van der Waals surface area (Å²) in [6, 6.07) is 16.7. The molecule has 2 aromatic rings. The molecule has 1 atom stereocenters. The van der Waals surface area contributed by atoms with Gasteiger partial charge in [0.2, 0.25) is 0 Å². The van der Waals surface area contributed by atoms with Gasteiger partial charge in [0.25, 0.3) is 5.91 Å². The van der Waals surface area contributed by atoms with E-state index in [4.69, 9.17) is 0 Å². The fourth-order valence-corrected chi connectivity index (χ4v) is 3.55. The number of aryl methyl sites for hydroxylation is 1. The first-order valence-corrected chi connectivity index (χ1v) is 10.2. The van der Waals surface area contributed by atoms with E-state index >= 15 is 0 Å². The van der Waals surface area contributed by atoms with E-state index in [0.29, 0.717) is 13.1 Å². The minimum Gasteiger partial charge on any atom is -0.503 e. The maximum absolute atomic E-state index is 13.1. The molecule has 0 aliphatic carbocycles. The summed E-state index contributed by atoms with van der Waals surface area (Å²) in [5.74, 6) is -1.32. The summed E-state index contributed by atoms with van der Waals surface area (Å²) >= 11 is 0. The molecule has 1 N–H and O–H groups in total. The third-order valence-corrected chi connectivity index (χ3v) is 5.29. The van der Waals surface area contributed by atoms with E-state index in [0.717, 1.165) is 17.5 Å². The monoisotopic (exact) mass is 404 g/mol. The van der Waals surface area contributed by atoms with Gasteiger partial charge in [-0.25, -0.2) is 0 Å². The molecule has 0 fully saturated rings. The van der Waals surface area contributed by atoms with Crippen LogP contribution in [0.4, 0.5) is 0 Å². The van der Waals surface area contributed by atoms with Gasteiger partial charge < -0.3 is 14.9 Å². The summed E-state index contributed by atoms with van der Waals surface area (Å²) in [5, 5.41) is 10.6. The average Bonchev–Trinajstić information content (AvgIpc) is 3.01. The van der Waals surface area contributed by atoms with Crippen molar-refractivity contribution in [2.75, 3.05) is 27.2 Å². The van der Waals surface area contributed by atoms with Gasteiger partial charge in [0.15, 0.2) is 11.5 Å². The van der Waals surface area contributed by atoms with Gasteiger partial charge in [-0.05, 0) is 43.3 Å². The maximum Gasteiger partial charge on any atom is 0.290 e. The molecule has 3 rings (SSSR count). The predicted molar refractivity (Wildman–Crippen MR) is 119 cm³/mol. The van der Waals surface area contributed by atoms with E-state index in [1.807, 2.05) is 73.6 Å². The summed E-state index contributed by atoms with van der Waals surface area (Å²) in [6.45, 7) is 3.12. The van der Waals surface area contributed by atoms with Crippen molar-refractivity contribution < 1.29 is 14.7 Å². The predicted octanol–water partition coefficient (Wildman–Crippen LogP) is 3.79. The lowest BCUT2D eigenvalue weighted by molar-refractivity contribution is -0.129. The SMILES string of the molecule is CCc1ccc(C2C(C(=O)/C=C/c3ccccc3)=C(O)C(=O)N2CCN(C)C)cc1. The number of allylic oxidation sites excluding steroid dienone is 1. The van der Waals surface area contributed by atoms with Crippen LogP contribution in [0, 0.1) is 0 Å². The number of nitrogens with zero attached hydrogens (tertiary/aromatic N) is 2. The fourth-order valence-electron chi connectivity index (χ4n) is 3.55. The third-order valence-electron chi connectivity index (χ3n) is 5.29. The summed E-state index contributed by atoms with van der Waals surface area (Å²) in [4.78, 5) is 29.5. The lowest BCUT2D eigenvalue weighted by Gasteiger charge is -2.28. The molecule has 1 aliphatic heterocycles. The minimum atomic E-state index is -0.601. The van der Waals surface area contributed by atoms with E-state index in [-0.39, 0.29) is 11.4 Å². The van der Waals surface area contributed by atoms with Crippen molar-refractivity contribution in [3.63, 3.8) is 0 Å². The molecule has 1 amide bonds. The van der Waals surface area contributed by atoms with Crippen molar-refractivity contribution in [2.24, 2.45) is 0 Å². The molecule has 0 saturated carbocycles. The van der Waals surface area contributed by atoms with E-state index in [1.54, 1.807) is 11.0 Å². The molecular formula is C25H28N2O3. The Morgan fingerprint density at radius 3 is 2.37 bits per heavy atom. The standard InChI is InChI=1S/C25H28N2O3/c1-4-18-10-13-20(14-11-18)23-22(21(28)15-12-19-8-6-5-7-9-19)24(29)25(30)27(23)17-16-26(2)3/h5-15,23,29H,4,16-17H2,1-3H3/b15-12+. The number of hydrogen-bond donors (Lipinski definition) is 1. The highest BCUT2D eigenvalue weighted by molar-refractivity contribution is 6.14. The van der Waals surface area contributed by atoms with Crippen molar-refractivity contribution in [1.29, 1.82) is 0 Å².